The summed E-state index contributed by atoms with van der Waals surface area (Å²) in [5.41, 5.74) is 6.30. The molecular formula is C13H16N2OS2. The predicted octanol–water partition coefficient (Wildman–Crippen LogP) is 1.43. The van der Waals surface area contributed by atoms with E-state index in [1.165, 1.54) is 0 Å². The maximum atomic E-state index is 11.8. The van der Waals surface area contributed by atoms with E-state index in [0.29, 0.717) is 13.1 Å². The molecule has 1 atom stereocenters. The minimum Gasteiger partial charge on any atom is -0.351 e. The first-order valence-corrected chi connectivity index (χ1v) is 7.95. The number of amides is 1. The van der Waals surface area contributed by atoms with Crippen LogP contribution in [0.15, 0.2) is 11.4 Å². The Kier molecular flexibility index (Phi) is 5.12. The number of nitrogens with two attached hydrogens (primary N) is 1. The van der Waals surface area contributed by atoms with E-state index < -0.39 is 0 Å². The van der Waals surface area contributed by atoms with Crippen molar-refractivity contribution in [1.82, 2.24) is 5.32 Å². The lowest BCUT2D eigenvalue weighted by molar-refractivity contribution is -0.124. The van der Waals surface area contributed by atoms with Gasteiger partial charge >= 0.3 is 0 Å². The van der Waals surface area contributed by atoms with Gasteiger partial charge in [0.25, 0.3) is 0 Å². The van der Waals surface area contributed by atoms with Crippen LogP contribution in [0.5, 0.6) is 0 Å². The predicted molar refractivity (Wildman–Crippen MR) is 77.5 cm³/mol. The first-order chi connectivity index (χ1) is 8.79. The molecular weight excluding hydrogens is 264 g/mol. The second-order valence-electron chi connectivity index (χ2n) is 4.09. The number of nitrogens with one attached hydrogen (secondary N) is 1. The third-order valence-corrected chi connectivity index (χ3v) is 4.83. The summed E-state index contributed by atoms with van der Waals surface area (Å²) in [7, 11) is 0. The Labute approximate surface area is 116 Å². The van der Waals surface area contributed by atoms with E-state index in [1.807, 2.05) is 23.2 Å². The van der Waals surface area contributed by atoms with E-state index >= 15 is 0 Å². The molecule has 2 rings (SSSR count). The van der Waals surface area contributed by atoms with Gasteiger partial charge in [0.15, 0.2) is 0 Å². The van der Waals surface area contributed by atoms with Crippen molar-refractivity contribution in [2.45, 2.75) is 13.0 Å². The van der Waals surface area contributed by atoms with Gasteiger partial charge in [-0.05, 0) is 18.2 Å². The van der Waals surface area contributed by atoms with Crippen LogP contribution >= 0.6 is 23.1 Å². The molecule has 96 valence electrons. The van der Waals surface area contributed by atoms with Crippen molar-refractivity contribution in [1.29, 1.82) is 0 Å². The molecule has 1 aromatic rings. The van der Waals surface area contributed by atoms with Crippen LogP contribution in [0, 0.1) is 17.8 Å². The van der Waals surface area contributed by atoms with E-state index in [0.717, 1.165) is 28.4 Å². The minimum atomic E-state index is 0.183. The lowest BCUT2D eigenvalue weighted by Gasteiger charge is -2.08. The first kappa shape index (κ1) is 13.5. The Hall–Kier alpha value is -0.960. The molecule has 1 fully saturated rings. The van der Waals surface area contributed by atoms with Gasteiger partial charge in [-0.2, -0.15) is 11.8 Å². The highest BCUT2D eigenvalue weighted by Crippen LogP contribution is 2.23. The average molecular weight is 280 g/mol. The van der Waals surface area contributed by atoms with Crippen LogP contribution in [0.2, 0.25) is 0 Å². The van der Waals surface area contributed by atoms with Crippen LogP contribution in [0.3, 0.4) is 0 Å². The zero-order valence-electron chi connectivity index (χ0n) is 10.1. The summed E-state index contributed by atoms with van der Waals surface area (Å²) in [6, 6.07) is 2.01. The molecule has 1 saturated heterocycles. The summed E-state index contributed by atoms with van der Waals surface area (Å²) in [4.78, 5) is 13.0. The molecule has 5 heteroatoms. The van der Waals surface area contributed by atoms with E-state index in [1.54, 1.807) is 11.3 Å². The van der Waals surface area contributed by atoms with Gasteiger partial charge in [0.2, 0.25) is 5.91 Å². The van der Waals surface area contributed by atoms with Crippen molar-refractivity contribution in [3.05, 3.63) is 21.9 Å². The summed E-state index contributed by atoms with van der Waals surface area (Å²) in [6.07, 6.45) is 1.01. The molecule has 18 heavy (non-hydrogen) atoms. The van der Waals surface area contributed by atoms with E-state index in [-0.39, 0.29) is 11.8 Å². The molecule has 1 unspecified atom stereocenters. The fraction of sp³-hybridized carbons (Fsp3) is 0.462. The zero-order chi connectivity index (χ0) is 12.8. The summed E-state index contributed by atoms with van der Waals surface area (Å²) in [6.45, 7) is 0.982. The highest BCUT2D eigenvalue weighted by molar-refractivity contribution is 7.99. The van der Waals surface area contributed by atoms with Crippen LogP contribution in [0.25, 0.3) is 0 Å². The quantitative estimate of drug-likeness (QED) is 0.824. The zero-order valence-corrected chi connectivity index (χ0v) is 11.7. The number of carbonyl (C=O) groups excluding carboxylic acids is 1. The Morgan fingerprint density at radius 1 is 1.61 bits per heavy atom. The monoisotopic (exact) mass is 280 g/mol. The Balaban J connectivity index is 1.82. The van der Waals surface area contributed by atoms with Gasteiger partial charge < -0.3 is 11.1 Å². The van der Waals surface area contributed by atoms with Crippen LogP contribution in [0.4, 0.5) is 0 Å². The number of thioether (sulfide) groups is 1. The van der Waals surface area contributed by atoms with Crippen LogP contribution in [0.1, 0.15) is 16.9 Å². The van der Waals surface area contributed by atoms with Crippen LogP contribution < -0.4 is 11.1 Å². The molecule has 3 nitrogen and oxygen atoms in total. The second kappa shape index (κ2) is 6.83. The third kappa shape index (κ3) is 3.77. The van der Waals surface area contributed by atoms with Crippen LogP contribution in [-0.4, -0.2) is 24.0 Å². The molecule has 3 N–H and O–H groups in total. The molecule has 0 aliphatic carbocycles. The van der Waals surface area contributed by atoms with Gasteiger partial charge in [-0.25, -0.2) is 0 Å². The molecule has 1 aliphatic heterocycles. The topological polar surface area (TPSA) is 55.1 Å². The molecule has 0 bridgehead atoms. The summed E-state index contributed by atoms with van der Waals surface area (Å²) in [5, 5.41) is 4.99. The molecule has 1 amide bonds. The standard InChI is InChI=1S/C13H16N2OS2/c14-4-1-2-10-6-12(18-8-10)7-15-13(16)11-3-5-17-9-11/h6,8,11H,3-5,7,9,14H2,(H,15,16). The Bertz CT molecular complexity index is 467. The maximum Gasteiger partial charge on any atom is 0.224 e. The molecule has 0 saturated carbocycles. The number of carbonyl (C=O) groups is 1. The van der Waals surface area contributed by atoms with Crippen LogP contribution in [-0.2, 0) is 11.3 Å². The highest BCUT2D eigenvalue weighted by atomic mass is 32.2. The Morgan fingerprint density at radius 3 is 3.22 bits per heavy atom. The second-order valence-corrected chi connectivity index (χ2v) is 6.23. The van der Waals surface area contributed by atoms with E-state index in [4.69, 9.17) is 5.73 Å². The van der Waals surface area contributed by atoms with Crippen molar-refractivity contribution < 1.29 is 4.79 Å². The summed E-state index contributed by atoms with van der Waals surface area (Å²) < 4.78 is 0. The van der Waals surface area contributed by atoms with Gasteiger partial charge in [0, 0.05) is 27.5 Å². The van der Waals surface area contributed by atoms with Crippen molar-refractivity contribution in [3.63, 3.8) is 0 Å². The van der Waals surface area contributed by atoms with Crippen molar-refractivity contribution in [2.75, 3.05) is 18.1 Å². The van der Waals surface area contributed by atoms with Crippen molar-refractivity contribution in [2.24, 2.45) is 11.7 Å². The minimum absolute atomic E-state index is 0.183. The van der Waals surface area contributed by atoms with Gasteiger partial charge in [-0.1, -0.05) is 11.8 Å². The van der Waals surface area contributed by atoms with E-state index in [2.05, 4.69) is 17.2 Å². The number of hydrogen-bond acceptors (Lipinski definition) is 4. The smallest absolute Gasteiger partial charge is 0.224 e. The molecule has 0 radical (unpaired) electrons. The van der Waals surface area contributed by atoms with Crippen molar-refractivity contribution >= 4 is 29.0 Å². The molecule has 0 aromatic carbocycles. The molecule has 1 aliphatic rings. The summed E-state index contributed by atoms with van der Waals surface area (Å²) >= 11 is 3.48. The SMILES string of the molecule is NCC#Cc1csc(CNC(=O)C2CCSC2)c1. The lowest BCUT2D eigenvalue weighted by atomic mass is 10.1. The largest absolute Gasteiger partial charge is 0.351 e. The normalized spacial score (nSPS) is 18.2. The highest BCUT2D eigenvalue weighted by Gasteiger charge is 2.22. The Morgan fingerprint density at radius 2 is 2.50 bits per heavy atom. The third-order valence-electron chi connectivity index (χ3n) is 2.73. The fourth-order valence-electron chi connectivity index (χ4n) is 1.75. The molecule has 0 spiro atoms. The number of thiophene rings is 1. The maximum absolute atomic E-state index is 11.8. The van der Waals surface area contributed by atoms with Gasteiger partial charge in [-0.15, -0.1) is 11.3 Å². The molecule has 1 aromatic heterocycles. The number of hydrogen-bond donors (Lipinski definition) is 2. The van der Waals surface area contributed by atoms with E-state index in [9.17, 15) is 4.79 Å². The fourth-order valence-corrected chi connectivity index (χ4v) is 3.73. The number of rotatable bonds is 3. The first-order valence-electron chi connectivity index (χ1n) is 5.91. The lowest BCUT2D eigenvalue weighted by Crippen LogP contribution is -2.29. The van der Waals surface area contributed by atoms with Crippen molar-refractivity contribution in [3.8, 4) is 11.8 Å². The molecule has 2 heterocycles. The summed E-state index contributed by atoms with van der Waals surface area (Å²) in [5.74, 6) is 8.26. The average Bonchev–Trinajstić information content (AvgIpc) is 3.04. The van der Waals surface area contributed by atoms with Gasteiger partial charge in [-0.3, -0.25) is 4.79 Å². The van der Waals surface area contributed by atoms with Gasteiger partial charge in [0.05, 0.1) is 13.1 Å². The van der Waals surface area contributed by atoms with Gasteiger partial charge in [0.1, 0.15) is 0 Å².